The van der Waals surface area contributed by atoms with E-state index in [1.54, 1.807) is 24.3 Å². The Labute approximate surface area is 105 Å². The number of nitrogens with one attached hydrogen (secondary N) is 1. The molecule has 0 aliphatic heterocycles. The molecule has 2 rings (SSSR count). The summed E-state index contributed by atoms with van der Waals surface area (Å²) in [7, 11) is -3.52. The van der Waals surface area contributed by atoms with Gasteiger partial charge in [0.25, 0.3) is 0 Å². The van der Waals surface area contributed by atoms with E-state index in [1.807, 2.05) is 6.07 Å². The number of benzene rings is 2. The molecule has 0 saturated heterocycles. The average Bonchev–Trinajstić information content (AvgIpc) is 2.28. The van der Waals surface area contributed by atoms with Gasteiger partial charge < -0.3 is 0 Å². The van der Waals surface area contributed by atoms with E-state index < -0.39 is 15.8 Å². The molecule has 0 radical (unpaired) electrons. The summed E-state index contributed by atoms with van der Waals surface area (Å²) in [5.74, 6) is -0.612. The molecule has 0 aromatic heterocycles. The molecule has 18 heavy (non-hydrogen) atoms. The van der Waals surface area contributed by atoms with Crippen LogP contribution in [0.5, 0.6) is 0 Å². The average molecular weight is 265 g/mol. The zero-order valence-corrected chi connectivity index (χ0v) is 10.3. The van der Waals surface area contributed by atoms with Crippen molar-refractivity contribution in [3.63, 3.8) is 0 Å². The molecule has 94 valence electrons. The molecule has 0 aliphatic carbocycles. The molecule has 0 unspecified atom stereocenters. The Morgan fingerprint density at radius 3 is 2.39 bits per heavy atom. The van der Waals surface area contributed by atoms with Crippen molar-refractivity contribution in [1.29, 1.82) is 0 Å². The van der Waals surface area contributed by atoms with Crippen LogP contribution in [0.1, 0.15) is 5.56 Å². The number of hydrogen-bond acceptors (Lipinski definition) is 2. The maximum Gasteiger partial charge on any atom is 0.236 e. The number of sulfonamides is 1. The lowest BCUT2D eigenvalue weighted by Crippen LogP contribution is -2.15. The molecule has 1 N–H and O–H groups in total. The van der Waals surface area contributed by atoms with Crippen molar-refractivity contribution in [1.82, 2.24) is 0 Å². The summed E-state index contributed by atoms with van der Waals surface area (Å²) in [6.07, 6.45) is 0. The van der Waals surface area contributed by atoms with Crippen LogP contribution in [-0.4, -0.2) is 8.42 Å². The number of halogens is 1. The second kappa shape index (κ2) is 5.18. The van der Waals surface area contributed by atoms with Crippen LogP contribution in [0.15, 0.2) is 54.6 Å². The van der Waals surface area contributed by atoms with Crippen molar-refractivity contribution in [3.05, 3.63) is 66.0 Å². The first-order valence-electron chi connectivity index (χ1n) is 5.35. The maximum absolute atomic E-state index is 12.9. The first kappa shape index (κ1) is 12.6. The van der Waals surface area contributed by atoms with Crippen LogP contribution in [0.25, 0.3) is 0 Å². The molecule has 5 heteroatoms. The van der Waals surface area contributed by atoms with Gasteiger partial charge in [0.1, 0.15) is 5.82 Å². The van der Waals surface area contributed by atoms with Crippen LogP contribution in [-0.2, 0) is 15.8 Å². The molecule has 0 amide bonds. The van der Waals surface area contributed by atoms with Crippen molar-refractivity contribution in [3.8, 4) is 0 Å². The molecule has 0 heterocycles. The molecular weight excluding hydrogens is 253 g/mol. The summed E-state index contributed by atoms with van der Waals surface area (Å²) in [4.78, 5) is 0. The quantitative estimate of drug-likeness (QED) is 0.924. The minimum atomic E-state index is -3.52. The Balaban J connectivity index is 2.13. The van der Waals surface area contributed by atoms with Crippen LogP contribution < -0.4 is 4.72 Å². The van der Waals surface area contributed by atoms with E-state index in [4.69, 9.17) is 0 Å². The third-order valence-electron chi connectivity index (χ3n) is 2.30. The van der Waals surface area contributed by atoms with Gasteiger partial charge in [-0.1, -0.05) is 36.4 Å². The highest BCUT2D eigenvalue weighted by Crippen LogP contribution is 2.13. The Kier molecular flexibility index (Phi) is 3.62. The van der Waals surface area contributed by atoms with Crippen LogP contribution in [0.2, 0.25) is 0 Å². The number of rotatable bonds is 4. The normalized spacial score (nSPS) is 11.2. The maximum atomic E-state index is 12.9. The van der Waals surface area contributed by atoms with E-state index in [1.165, 1.54) is 18.2 Å². The lowest BCUT2D eigenvalue weighted by atomic mass is 10.2. The SMILES string of the molecule is O=S(=O)(Cc1ccccc1)Nc1cccc(F)c1. The molecule has 0 aliphatic rings. The molecule has 0 bridgehead atoms. The van der Waals surface area contributed by atoms with E-state index in [0.717, 1.165) is 6.07 Å². The van der Waals surface area contributed by atoms with E-state index in [0.29, 0.717) is 5.56 Å². The largest absolute Gasteiger partial charge is 0.283 e. The lowest BCUT2D eigenvalue weighted by Gasteiger charge is -2.07. The summed E-state index contributed by atoms with van der Waals surface area (Å²) in [5, 5.41) is 0. The molecule has 0 saturated carbocycles. The second-order valence-electron chi connectivity index (χ2n) is 3.86. The van der Waals surface area contributed by atoms with Crippen molar-refractivity contribution >= 4 is 15.7 Å². The number of anilines is 1. The monoisotopic (exact) mass is 265 g/mol. The molecular formula is C13H12FNO2S. The van der Waals surface area contributed by atoms with Gasteiger partial charge in [-0.25, -0.2) is 12.8 Å². The topological polar surface area (TPSA) is 46.2 Å². The van der Waals surface area contributed by atoms with Crippen molar-refractivity contribution in [2.75, 3.05) is 4.72 Å². The summed E-state index contributed by atoms with van der Waals surface area (Å²) < 4.78 is 39.0. The molecule has 3 nitrogen and oxygen atoms in total. The fraction of sp³-hybridized carbons (Fsp3) is 0.0769. The molecule has 0 atom stereocenters. The Morgan fingerprint density at radius 1 is 1.00 bits per heavy atom. The zero-order valence-electron chi connectivity index (χ0n) is 9.51. The van der Waals surface area contributed by atoms with Gasteiger partial charge in [-0.05, 0) is 23.8 Å². The Bertz CT molecular complexity index is 626. The van der Waals surface area contributed by atoms with Gasteiger partial charge in [0, 0.05) is 0 Å². The van der Waals surface area contributed by atoms with Crippen LogP contribution in [0.3, 0.4) is 0 Å². The smallest absolute Gasteiger partial charge is 0.236 e. The van der Waals surface area contributed by atoms with Gasteiger partial charge >= 0.3 is 0 Å². The van der Waals surface area contributed by atoms with Gasteiger partial charge in [0.15, 0.2) is 0 Å². The van der Waals surface area contributed by atoms with Gasteiger partial charge in [-0.3, -0.25) is 4.72 Å². The predicted molar refractivity (Wildman–Crippen MR) is 69.1 cm³/mol. The summed E-state index contributed by atoms with van der Waals surface area (Å²) in [5.41, 5.74) is 0.910. The van der Waals surface area contributed by atoms with Gasteiger partial charge in [-0.15, -0.1) is 0 Å². The fourth-order valence-corrected chi connectivity index (χ4v) is 2.75. The molecule has 2 aromatic carbocycles. The first-order valence-corrected chi connectivity index (χ1v) is 7.00. The van der Waals surface area contributed by atoms with E-state index in [9.17, 15) is 12.8 Å². The minimum Gasteiger partial charge on any atom is -0.283 e. The van der Waals surface area contributed by atoms with Gasteiger partial charge in [0.2, 0.25) is 10.0 Å². The zero-order chi connectivity index (χ0) is 13.0. The Morgan fingerprint density at radius 2 is 1.72 bits per heavy atom. The predicted octanol–water partition coefficient (Wildman–Crippen LogP) is 2.77. The molecule has 2 aromatic rings. The Hall–Kier alpha value is -1.88. The standard InChI is InChI=1S/C13H12FNO2S/c14-12-7-4-8-13(9-12)15-18(16,17)10-11-5-2-1-3-6-11/h1-9,15H,10H2. The third kappa shape index (κ3) is 3.56. The van der Waals surface area contributed by atoms with E-state index in [2.05, 4.69) is 4.72 Å². The highest BCUT2D eigenvalue weighted by molar-refractivity contribution is 7.91. The van der Waals surface area contributed by atoms with Crippen molar-refractivity contribution in [2.24, 2.45) is 0 Å². The van der Waals surface area contributed by atoms with Gasteiger partial charge in [0.05, 0.1) is 11.4 Å². The second-order valence-corrected chi connectivity index (χ2v) is 5.58. The van der Waals surface area contributed by atoms with E-state index in [-0.39, 0.29) is 11.4 Å². The highest BCUT2D eigenvalue weighted by Gasteiger charge is 2.11. The summed E-state index contributed by atoms with van der Waals surface area (Å²) in [6, 6.07) is 14.2. The molecule has 0 spiro atoms. The summed E-state index contributed by atoms with van der Waals surface area (Å²) >= 11 is 0. The van der Waals surface area contributed by atoms with Gasteiger partial charge in [-0.2, -0.15) is 0 Å². The van der Waals surface area contributed by atoms with Crippen molar-refractivity contribution in [2.45, 2.75) is 5.75 Å². The number of hydrogen-bond donors (Lipinski definition) is 1. The van der Waals surface area contributed by atoms with Crippen molar-refractivity contribution < 1.29 is 12.8 Å². The highest BCUT2D eigenvalue weighted by atomic mass is 32.2. The van der Waals surface area contributed by atoms with Crippen LogP contribution >= 0.6 is 0 Å². The minimum absolute atomic E-state index is 0.135. The van der Waals surface area contributed by atoms with Crippen LogP contribution in [0, 0.1) is 5.82 Å². The third-order valence-corrected chi connectivity index (χ3v) is 3.56. The molecule has 0 fully saturated rings. The fourth-order valence-electron chi connectivity index (χ4n) is 1.56. The summed E-state index contributed by atoms with van der Waals surface area (Å²) in [6.45, 7) is 0. The first-order chi connectivity index (χ1) is 8.55. The van der Waals surface area contributed by atoms with E-state index >= 15 is 0 Å². The van der Waals surface area contributed by atoms with Crippen LogP contribution in [0.4, 0.5) is 10.1 Å². The lowest BCUT2D eigenvalue weighted by molar-refractivity contribution is 0.600.